The molecular weight excluding hydrogens is 218 g/mol. The second-order valence-electron chi connectivity index (χ2n) is 4.11. The molecule has 0 N–H and O–H groups in total. The molecule has 2 rings (SSSR count). The number of hydrogen-bond acceptors (Lipinski definition) is 4. The lowest BCUT2D eigenvalue weighted by Gasteiger charge is -2.16. The van der Waals surface area contributed by atoms with Crippen LogP contribution in [0.4, 0.5) is 6.01 Å². The third kappa shape index (κ3) is 2.38. The Bertz CT molecular complexity index is 500. The lowest BCUT2D eigenvalue weighted by molar-refractivity contribution is -0.127. The van der Waals surface area contributed by atoms with Gasteiger partial charge in [-0.3, -0.25) is 4.79 Å². The number of carbonyl (C=O) groups is 1. The number of fused-ring (bicyclic) bond motifs is 1. The quantitative estimate of drug-likeness (QED) is 0.803. The maximum atomic E-state index is 11.6. The Balaban J connectivity index is 2.19. The van der Waals surface area contributed by atoms with Gasteiger partial charge in [-0.05, 0) is 12.1 Å². The first-order valence-electron chi connectivity index (χ1n) is 5.35. The van der Waals surface area contributed by atoms with Crippen LogP contribution in [0, 0.1) is 0 Å². The van der Waals surface area contributed by atoms with E-state index in [-0.39, 0.29) is 12.5 Å². The molecule has 1 heterocycles. The zero-order chi connectivity index (χ0) is 12.4. The highest BCUT2D eigenvalue weighted by atomic mass is 16.4. The topological polar surface area (TPSA) is 49.6 Å². The van der Waals surface area contributed by atoms with Crippen molar-refractivity contribution in [3.05, 3.63) is 24.3 Å². The highest BCUT2D eigenvalue weighted by Crippen LogP contribution is 2.20. The maximum absolute atomic E-state index is 11.6. The summed E-state index contributed by atoms with van der Waals surface area (Å²) in [5, 5.41) is 0. The Morgan fingerprint density at radius 2 is 2.00 bits per heavy atom. The van der Waals surface area contributed by atoms with Crippen molar-refractivity contribution >= 4 is 23.0 Å². The molecule has 0 aliphatic heterocycles. The average Bonchev–Trinajstić information content (AvgIpc) is 2.72. The number of anilines is 1. The molecular formula is C12H15N3O2. The summed E-state index contributed by atoms with van der Waals surface area (Å²) in [6, 6.07) is 7.99. The Hall–Kier alpha value is -2.04. The van der Waals surface area contributed by atoms with Crippen LogP contribution in [0.5, 0.6) is 0 Å². The van der Waals surface area contributed by atoms with Gasteiger partial charge in [-0.15, -0.1) is 0 Å². The van der Waals surface area contributed by atoms with E-state index in [2.05, 4.69) is 4.98 Å². The molecule has 5 heteroatoms. The van der Waals surface area contributed by atoms with Gasteiger partial charge < -0.3 is 14.2 Å². The molecule has 0 radical (unpaired) electrons. The average molecular weight is 233 g/mol. The van der Waals surface area contributed by atoms with Gasteiger partial charge in [-0.25, -0.2) is 0 Å². The fourth-order valence-electron chi connectivity index (χ4n) is 1.44. The molecule has 90 valence electrons. The van der Waals surface area contributed by atoms with Gasteiger partial charge in [-0.1, -0.05) is 12.1 Å². The van der Waals surface area contributed by atoms with Gasteiger partial charge >= 0.3 is 0 Å². The number of aromatic nitrogens is 1. The molecule has 1 aromatic heterocycles. The van der Waals surface area contributed by atoms with Crippen molar-refractivity contribution in [1.82, 2.24) is 9.88 Å². The Morgan fingerprint density at radius 1 is 1.29 bits per heavy atom. The van der Waals surface area contributed by atoms with Crippen molar-refractivity contribution in [3.8, 4) is 0 Å². The summed E-state index contributed by atoms with van der Waals surface area (Å²) in [6.45, 7) is 0.250. The third-order valence-corrected chi connectivity index (χ3v) is 2.48. The SMILES string of the molecule is CN(C)C(=O)CN(C)c1nc2ccccc2o1. The molecule has 2 aromatic rings. The minimum atomic E-state index is 0.00903. The van der Waals surface area contributed by atoms with Gasteiger partial charge in [0.15, 0.2) is 5.58 Å². The zero-order valence-corrected chi connectivity index (χ0v) is 10.2. The maximum Gasteiger partial charge on any atom is 0.298 e. The number of benzene rings is 1. The molecule has 0 fully saturated rings. The number of para-hydroxylation sites is 2. The standard InChI is InChI=1S/C12H15N3O2/c1-14(2)11(16)8-15(3)12-13-9-6-4-5-7-10(9)17-12/h4-7H,8H2,1-3H3. The molecule has 0 saturated carbocycles. The second kappa shape index (κ2) is 4.45. The fraction of sp³-hybridized carbons (Fsp3) is 0.333. The van der Waals surface area contributed by atoms with E-state index >= 15 is 0 Å². The summed E-state index contributed by atoms with van der Waals surface area (Å²) < 4.78 is 5.55. The first kappa shape index (κ1) is 11.4. The molecule has 0 unspecified atom stereocenters. The van der Waals surface area contributed by atoms with Crippen molar-refractivity contribution in [2.75, 3.05) is 32.6 Å². The molecule has 0 aliphatic rings. The van der Waals surface area contributed by atoms with E-state index in [1.54, 1.807) is 30.9 Å². The van der Waals surface area contributed by atoms with Crippen LogP contribution in [-0.4, -0.2) is 43.5 Å². The lowest BCUT2D eigenvalue weighted by atomic mass is 10.3. The molecule has 0 bridgehead atoms. The zero-order valence-electron chi connectivity index (χ0n) is 10.2. The molecule has 0 saturated heterocycles. The lowest BCUT2D eigenvalue weighted by Crippen LogP contribution is -2.34. The van der Waals surface area contributed by atoms with Crippen LogP contribution in [0.1, 0.15) is 0 Å². The van der Waals surface area contributed by atoms with Crippen molar-refractivity contribution < 1.29 is 9.21 Å². The third-order valence-electron chi connectivity index (χ3n) is 2.48. The van der Waals surface area contributed by atoms with Gasteiger partial charge in [0, 0.05) is 21.1 Å². The number of hydrogen-bond donors (Lipinski definition) is 0. The van der Waals surface area contributed by atoms with Crippen molar-refractivity contribution in [2.24, 2.45) is 0 Å². The summed E-state index contributed by atoms with van der Waals surface area (Å²) in [5.74, 6) is 0.00903. The van der Waals surface area contributed by atoms with Gasteiger partial charge in [0.1, 0.15) is 12.1 Å². The summed E-state index contributed by atoms with van der Waals surface area (Å²) in [6.07, 6.45) is 0. The van der Waals surface area contributed by atoms with Gasteiger partial charge in [-0.2, -0.15) is 4.98 Å². The smallest absolute Gasteiger partial charge is 0.298 e. The molecule has 0 aliphatic carbocycles. The Kier molecular flexibility index (Phi) is 2.99. The van der Waals surface area contributed by atoms with Crippen molar-refractivity contribution in [2.45, 2.75) is 0 Å². The first-order chi connectivity index (χ1) is 8.08. The van der Waals surface area contributed by atoms with E-state index in [0.717, 1.165) is 11.1 Å². The van der Waals surface area contributed by atoms with E-state index in [1.165, 1.54) is 0 Å². The number of likely N-dealkylation sites (N-methyl/N-ethyl adjacent to an activating group) is 2. The number of rotatable bonds is 3. The molecule has 1 amide bonds. The summed E-state index contributed by atoms with van der Waals surface area (Å²) >= 11 is 0. The van der Waals surface area contributed by atoms with Crippen LogP contribution in [0.3, 0.4) is 0 Å². The number of oxazole rings is 1. The molecule has 0 atom stereocenters. The summed E-state index contributed by atoms with van der Waals surface area (Å²) in [5.41, 5.74) is 1.53. The van der Waals surface area contributed by atoms with Crippen LogP contribution in [-0.2, 0) is 4.79 Å². The number of amides is 1. The van der Waals surface area contributed by atoms with E-state index < -0.39 is 0 Å². The highest BCUT2D eigenvalue weighted by Gasteiger charge is 2.14. The number of nitrogens with zero attached hydrogens (tertiary/aromatic N) is 3. The van der Waals surface area contributed by atoms with Crippen molar-refractivity contribution in [1.29, 1.82) is 0 Å². The van der Waals surface area contributed by atoms with E-state index in [4.69, 9.17) is 4.42 Å². The van der Waals surface area contributed by atoms with Gasteiger partial charge in [0.2, 0.25) is 5.91 Å². The molecule has 1 aromatic carbocycles. The monoisotopic (exact) mass is 233 g/mol. The largest absolute Gasteiger partial charge is 0.423 e. The predicted molar refractivity (Wildman–Crippen MR) is 66.0 cm³/mol. The van der Waals surface area contributed by atoms with Gasteiger partial charge in [0.05, 0.1) is 0 Å². The van der Waals surface area contributed by atoms with Crippen LogP contribution in [0.15, 0.2) is 28.7 Å². The van der Waals surface area contributed by atoms with Gasteiger partial charge in [0.25, 0.3) is 6.01 Å². The minimum Gasteiger partial charge on any atom is -0.423 e. The highest BCUT2D eigenvalue weighted by molar-refractivity contribution is 5.81. The normalized spacial score (nSPS) is 10.5. The van der Waals surface area contributed by atoms with Crippen LogP contribution >= 0.6 is 0 Å². The van der Waals surface area contributed by atoms with E-state index in [1.807, 2.05) is 24.3 Å². The van der Waals surface area contributed by atoms with Crippen LogP contribution in [0.2, 0.25) is 0 Å². The van der Waals surface area contributed by atoms with Crippen LogP contribution < -0.4 is 4.90 Å². The fourth-order valence-corrected chi connectivity index (χ4v) is 1.44. The van der Waals surface area contributed by atoms with Crippen molar-refractivity contribution in [3.63, 3.8) is 0 Å². The molecule has 0 spiro atoms. The predicted octanol–water partition coefficient (Wildman–Crippen LogP) is 1.35. The molecule has 5 nitrogen and oxygen atoms in total. The van der Waals surface area contributed by atoms with Crippen LogP contribution in [0.25, 0.3) is 11.1 Å². The Morgan fingerprint density at radius 3 is 2.65 bits per heavy atom. The molecule has 17 heavy (non-hydrogen) atoms. The second-order valence-corrected chi connectivity index (χ2v) is 4.11. The Labute approximate surface area is 99.6 Å². The summed E-state index contributed by atoms with van der Waals surface area (Å²) in [7, 11) is 5.23. The van der Waals surface area contributed by atoms with E-state index in [0.29, 0.717) is 6.01 Å². The summed E-state index contributed by atoms with van der Waals surface area (Å²) in [4.78, 5) is 19.1. The number of carbonyl (C=O) groups excluding carboxylic acids is 1. The first-order valence-corrected chi connectivity index (χ1v) is 5.35. The minimum absolute atomic E-state index is 0.00903. The van der Waals surface area contributed by atoms with E-state index in [9.17, 15) is 4.79 Å².